The summed E-state index contributed by atoms with van der Waals surface area (Å²) >= 11 is 6.14. The predicted molar refractivity (Wildman–Crippen MR) is 87.1 cm³/mol. The van der Waals surface area contributed by atoms with Gasteiger partial charge in [-0.25, -0.2) is 9.97 Å². The second-order valence-corrected chi connectivity index (χ2v) is 5.27. The summed E-state index contributed by atoms with van der Waals surface area (Å²) in [5.74, 6) is 0.795. The zero-order chi connectivity index (χ0) is 14.9. The largest absolute Gasteiger partial charge is 0.277 e. The molecule has 1 aromatic carbocycles. The maximum atomic E-state index is 6.14. The fourth-order valence-electron chi connectivity index (χ4n) is 2.46. The fraction of sp³-hybridized carbons (Fsp3) is 0. The van der Waals surface area contributed by atoms with E-state index in [-0.39, 0.29) is 0 Å². The third kappa shape index (κ3) is 2.14. The summed E-state index contributed by atoms with van der Waals surface area (Å²) in [6, 6.07) is 15.4. The number of hydrogen-bond donors (Lipinski definition) is 0. The Morgan fingerprint density at radius 2 is 1.86 bits per heavy atom. The van der Waals surface area contributed by atoms with Gasteiger partial charge in [-0.15, -0.1) is 0 Å². The molecule has 0 bridgehead atoms. The molecule has 0 amide bonds. The van der Waals surface area contributed by atoms with Gasteiger partial charge in [0.1, 0.15) is 11.3 Å². The summed E-state index contributed by atoms with van der Waals surface area (Å²) in [6.07, 6.45) is 5.30. The molecular weight excluding hydrogens is 296 g/mol. The number of hydrogen-bond acceptors (Lipinski definition) is 3. The van der Waals surface area contributed by atoms with Gasteiger partial charge in [-0.2, -0.15) is 0 Å². The number of benzene rings is 1. The molecule has 5 heteroatoms. The first-order chi connectivity index (χ1) is 10.8. The van der Waals surface area contributed by atoms with Crippen LogP contribution in [-0.2, 0) is 0 Å². The molecule has 106 valence electrons. The molecule has 4 nitrogen and oxygen atoms in total. The van der Waals surface area contributed by atoms with E-state index in [4.69, 9.17) is 16.6 Å². The maximum Gasteiger partial charge on any atom is 0.164 e. The number of halogens is 1. The Kier molecular flexibility index (Phi) is 3.09. The van der Waals surface area contributed by atoms with Gasteiger partial charge in [0.2, 0.25) is 0 Å². The molecule has 0 N–H and O–H groups in total. The van der Waals surface area contributed by atoms with Crippen LogP contribution in [0.15, 0.2) is 67.1 Å². The Labute approximate surface area is 132 Å². The summed E-state index contributed by atoms with van der Waals surface area (Å²) in [4.78, 5) is 13.4. The summed E-state index contributed by atoms with van der Waals surface area (Å²) in [5.41, 5.74) is 3.48. The number of imidazole rings is 1. The van der Waals surface area contributed by atoms with Crippen LogP contribution in [0.5, 0.6) is 0 Å². The molecule has 22 heavy (non-hydrogen) atoms. The van der Waals surface area contributed by atoms with Gasteiger partial charge in [-0.3, -0.25) is 9.55 Å². The van der Waals surface area contributed by atoms with Crippen molar-refractivity contribution in [1.82, 2.24) is 19.5 Å². The van der Waals surface area contributed by atoms with Crippen molar-refractivity contribution in [1.29, 1.82) is 0 Å². The van der Waals surface area contributed by atoms with E-state index in [0.717, 1.165) is 28.2 Å². The highest BCUT2D eigenvalue weighted by atomic mass is 35.5. The van der Waals surface area contributed by atoms with Crippen molar-refractivity contribution >= 4 is 22.8 Å². The fourth-order valence-corrected chi connectivity index (χ4v) is 2.65. The van der Waals surface area contributed by atoms with Crippen molar-refractivity contribution in [2.45, 2.75) is 0 Å². The molecule has 0 radical (unpaired) electrons. The van der Waals surface area contributed by atoms with Crippen LogP contribution >= 0.6 is 11.6 Å². The topological polar surface area (TPSA) is 43.6 Å². The number of rotatable bonds is 2. The minimum absolute atomic E-state index is 0.674. The van der Waals surface area contributed by atoms with Crippen molar-refractivity contribution in [3.05, 3.63) is 72.1 Å². The predicted octanol–water partition coefficient (Wildman–Crippen LogP) is 4.14. The quantitative estimate of drug-likeness (QED) is 0.559. The maximum absolute atomic E-state index is 6.14. The van der Waals surface area contributed by atoms with E-state index in [1.165, 1.54) is 0 Å². The van der Waals surface area contributed by atoms with E-state index in [1.807, 2.05) is 53.1 Å². The number of pyridine rings is 2. The molecule has 0 spiro atoms. The molecule has 4 rings (SSSR count). The molecule has 0 saturated carbocycles. The summed E-state index contributed by atoms with van der Waals surface area (Å²) in [7, 11) is 0. The number of nitrogens with zero attached hydrogens (tertiary/aromatic N) is 4. The lowest BCUT2D eigenvalue weighted by Gasteiger charge is -2.08. The summed E-state index contributed by atoms with van der Waals surface area (Å²) in [6.45, 7) is 0. The number of aromatic nitrogens is 4. The first kappa shape index (κ1) is 13.0. The Morgan fingerprint density at radius 3 is 2.68 bits per heavy atom. The second-order valence-electron chi connectivity index (χ2n) is 4.84. The molecule has 3 heterocycles. The average Bonchev–Trinajstić information content (AvgIpc) is 2.95. The standard InChI is InChI=1S/C17H11ClN4/c18-13-5-1-6-14(10-13)22-16(12-4-2-8-19-11-12)21-15-7-3-9-20-17(15)22/h1-11H. The summed E-state index contributed by atoms with van der Waals surface area (Å²) in [5, 5.41) is 0.674. The van der Waals surface area contributed by atoms with E-state index < -0.39 is 0 Å². The lowest BCUT2D eigenvalue weighted by atomic mass is 10.2. The zero-order valence-corrected chi connectivity index (χ0v) is 12.3. The smallest absolute Gasteiger partial charge is 0.164 e. The third-order valence-corrected chi connectivity index (χ3v) is 3.64. The van der Waals surface area contributed by atoms with Crippen molar-refractivity contribution < 1.29 is 0 Å². The van der Waals surface area contributed by atoms with Gasteiger partial charge in [0.05, 0.1) is 5.69 Å². The molecule has 0 unspecified atom stereocenters. The second kappa shape index (κ2) is 5.24. The minimum atomic E-state index is 0.674. The average molecular weight is 307 g/mol. The van der Waals surface area contributed by atoms with Gasteiger partial charge >= 0.3 is 0 Å². The molecule has 0 aliphatic rings. The van der Waals surface area contributed by atoms with Crippen LogP contribution in [0.2, 0.25) is 5.02 Å². The summed E-state index contributed by atoms with van der Waals surface area (Å²) < 4.78 is 2.00. The van der Waals surface area contributed by atoms with Crippen LogP contribution in [-0.4, -0.2) is 19.5 Å². The number of fused-ring (bicyclic) bond motifs is 1. The highest BCUT2D eigenvalue weighted by molar-refractivity contribution is 6.30. The first-order valence-electron chi connectivity index (χ1n) is 6.83. The molecule has 0 aliphatic heterocycles. The Morgan fingerprint density at radius 1 is 0.955 bits per heavy atom. The van der Waals surface area contributed by atoms with E-state index >= 15 is 0 Å². The van der Waals surface area contributed by atoms with Gasteiger partial charge < -0.3 is 0 Å². The minimum Gasteiger partial charge on any atom is -0.277 e. The molecule has 0 saturated heterocycles. The van der Waals surface area contributed by atoms with Crippen LogP contribution in [0.25, 0.3) is 28.2 Å². The normalized spacial score (nSPS) is 11.0. The van der Waals surface area contributed by atoms with Gasteiger partial charge in [0.25, 0.3) is 0 Å². The van der Waals surface area contributed by atoms with Crippen molar-refractivity contribution in [2.75, 3.05) is 0 Å². The van der Waals surface area contributed by atoms with Crippen molar-refractivity contribution in [3.63, 3.8) is 0 Å². The van der Waals surface area contributed by atoms with Crippen LogP contribution in [0.1, 0.15) is 0 Å². The SMILES string of the molecule is Clc1cccc(-n2c(-c3cccnc3)nc3cccnc32)c1. The third-order valence-electron chi connectivity index (χ3n) is 3.40. The highest BCUT2D eigenvalue weighted by Gasteiger charge is 2.15. The van der Waals surface area contributed by atoms with Gasteiger partial charge in [0, 0.05) is 29.2 Å². The molecule has 0 fully saturated rings. The van der Waals surface area contributed by atoms with Gasteiger partial charge in [-0.05, 0) is 42.5 Å². The van der Waals surface area contributed by atoms with Crippen LogP contribution in [0, 0.1) is 0 Å². The Bertz CT molecular complexity index is 947. The molecular formula is C17H11ClN4. The van der Waals surface area contributed by atoms with E-state index in [2.05, 4.69) is 9.97 Å². The van der Waals surface area contributed by atoms with Crippen molar-refractivity contribution in [3.8, 4) is 17.1 Å². The van der Waals surface area contributed by atoms with Gasteiger partial charge in [-0.1, -0.05) is 17.7 Å². The van der Waals surface area contributed by atoms with E-state index in [0.29, 0.717) is 5.02 Å². The highest BCUT2D eigenvalue weighted by Crippen LogP contribution is 2.27. The monoisotopic (exact) mass is 306 g/mol. The first-order valence-corrected chi connectivity index (χ1v) is 7.20. The van der Waals surface area contributed by atoms with Gasteiger partial charge in [0.15, 0.2) is 5.65 Å². The lowest BCUT2D eigenvalue weighted by molar-refractivity contribution is 1.07. The zero-order valence-electron chi connectivity index (χ0n) is 11.5. The van der Waals surface area contributed by atoms with Crippen LogP contribution in [0.3, 0.4) is 0 Å². The van der Waals surface area contributed by atoms with Crippen LogP contribution in [0.4, 0.5) is 0 Å². The lowest BCUT2D eigenvalue weighted by Crippen LogP contribution is -1.98. The van der Waals surface area contributed by atoms with Crippen molar-refractivity contribution in [2.24, 2.45) is 0 Å². The molecule has 0 aliphatic carbocycles. The Hall–Kier alpha value is -2.72. The molecule has 0 atom stereocenters. The Balaban J connectivity index is 2.07. The molecule has 3 aromatic heterocycles. The van der Waals surface area contributed by atoms with Crippen LogP contribution < -0.4 is 0 Å². The van der Waals surface area contributed by atoms with E-state index in [1.54, 1.807) is 18.6 Å². The molecule has 4 aromatic rings. The van der Waals surface area contributed by atoms with E-state index in [9.17, 15) is 0 Å².